The van der Waals surface area contributed by atoms with E-state index in [0.29, 0.717) is 11.3 Å². The molecule has 1 heterocycles. The summed E-state index contributed by atoms with van der Waals surface area (Å²) >= 11 is 12.3. The molecule has 2 aromatic rings. The van der Waals surface area contributed by atoms with Gasteiger partial charge in [0.15, 0.2) is 0 Å². The summed E-state index contributed by atoms with van der Waals surface area (Å²) in [7, 11) is 0. The summed E-state index contributed by atoms with van der Waals surface area (Å²) in [5.41, 5.74) is -0.0920. The maximum atomic E-state index is 12.6. The number of carbonyl (C=O) groups excluding carboxylic acids is 1. The average molecular weight is 419 g/mol. The van der Waals surface area contributed by atoms with Gasteiger partial charge in [-0.05, 0) is 0 Å². The quantitative estimate of drug-likeness (QED) is 0.800. The Bertz CT molecular complexity index is 915. The molecule has 0 aliphatic heterocycles. The van der Waals surface area contributed by atoms with Crippen molar-refractivity contribution in [3.8, 4) is 11.8 Å². The first-order valence-corrected chi connectivity index (χ1v) is 9.46. The number of nitrogens with zero attached hydrogens (tertiary/aromatic N) is 3. The standard InChI is InChI=1S/C20H20Cl2N4O2/c1-19(2)17(26-16(27)11-8-24-10-25-9-11)20(3,4)18(19)28-12-5-14(21)13(7-23)15(22)6-12/h5-6,8-10,17-18H,1-4H3,(H,26,27). The Kier molecular flexibility index (Phi) is 5.26. The molecule has 6 nitrogen and oxygen atoms in total. The van der Waals surface area contributed by atoms with Gasteiger partial charge >= 0.3 is 0 Å². The number of hydrogen-bond donors (Lipinski definition) is 1. The molecule has 0 spiro atoms. The van der Waals surface area contributed by atoms with Crippen molar-refractivity contribution in [2.45, 2.75) is 39.8 Å². The van der Waals surface area contributed by atoms with Gasteiger partial charge in [0.2, 0.25) is 0 Å². The molecule has 146 valence electrons. The molecular formula is C20H20Cl2N4O2. The van der Waals surface area contributed by atoms with E-state index in [0.717, 1.165) is 0 Å². The fourth-order valence-electron chi connectivity index (χ4n) is 4.29. The molecule has 1 N–H and O–H groups in total. The predicted molar refractivity (Wildman–Crippen MR) is 106 cm³/mol. The van der Waals surface area contributed by atoms with Gasteiger partial charge in [0.1, 0.15) is 24.3 Å². The van der Waals surface area contributed by atoms with Gasteiger partial charge in [-0.3, -0.25) is 4.79 Å². The SMILES string of the molecule is CC1(C)C(NC(=O)c2cncnc2)C(C)(C)C1Oc1cc(Cl)c(C#N)c(Cl)c1. The monoisotopic (exact) mass is 418 g/mol. The van der Waals surface area contributed by atoms with Crippen molar-refractivity contribution in [3.63, 3.8) is 0 Å². The molecule has 1 amide bonds. The third-order valence-electron chi connectivity index (χ3n) is 5.32. The van der Waals surface area contributed by atoms with Crippen molar-refractivity contribution in [1.82, 2.24) is 15.3 Å². The minimum atomic E-state index is -0.359. The normalized spacial score (nSPS) is 21.9. The molecule has 0 radical (unpaired) electrons. The minimum Gasteiger partial charge on any atom is -0.489 e. The van der Waals surface area contributed by atoms with Crippen LogP contribution in [0.5, 0.6) is 5.75 Å². The molecule has 28 heavy (non-hydrogen) atoms. The third kappa shape index (κ3) is 3.41. The molecule has 3 rings (SSSR count). The number of benzene rings is 1. The summed E-state index contributed by atoms with van der Waals surface area (Å²) in [6, 6.07) is 5.01. The molecule has 1 aliphatic rings. The molecule has 0 bridgehead atoms. The van der Waals surface area contributed by atoms with Crippen LogP contribution in [-0.2, 0) is 0 Å². The minimum absolute atomic E-state index is 0.137. The first-order chi connectivity index (χ1) is 13.1. The summed E-state index contributed by atoms with van der Waals surface area (Å²) in [6.07, 6.45) is 4.13. The topological polar surface area (TPSA) is 87.9 Å². The number of hydrogen-bond acceptors (Lipinski definition) is 5. The van der Waals surface area contributed by atoms with E-state index in [2.05, 4.69) is 15.3 Å². The largest absolute Gasteiger partial charge is 0.489 e. The molecule has 0 atom stereocenters. The van der Waals surface area contributed by atoms with Gasteiger partial charge in [-0.25, -0.2) is 9.97 Å². The molecule has 1 aromatic carbocycles. The number of rotatable bonds is 4. The smallest absolute Gasteiger partial charge is 0.254 e. The summed E-state index contributed by atoms with van der Waals surface area (Å²) in [6.45, 7) is 8.12. The van der Waals surface area contributed by atoms with Crippen LogP contribution in [-0.4, -0.2) is 28.0 Å². The molecule has 1 aromatic heterocycles. The Morgan fingerprint density at radius 1 is 1.14 bits per heavy atom. The number of nitriles is 1. The van der Waals surface area contributed by atoms with Crippen molar-refractivity contribution >= 4 is 29.1 Å². The Hall–Kier alpha value is -2.36. The van der Waals surface area contributed by atoms with E-state index in [-0.39, 0.29) is 44.5 Å². The highest BCUT2D eigenvalue weighted by atomic mass is 35.5. The van der Waals surface area contributed by atoms with Crippen LogP contribution in [0, 0.1) is 22.2 Å². The van der Waals surface area contributed by atoms with Gasteiger partial charge in [-0.15, -0.1) is 0 Å². The summed E-state index contributed by atoms with van der Waals surface area (Å²) in [4.78, 5) is 20.3. The van der Waals surface area contributed by atoms with E-state index < -0.39 is 0 Å². The fourth-order valence-corrected chi connectivity index (χ4v) is 4.84. The number of halogens is 2. The highest BCUT2D eigenvalue weighted by Gasteiger charge is 2.64. The number of nitrogens with one attached hydrogen (secondary N) is 1. The van der Waals surface area contributed by atoms with Crippen LogP contribution in [0.4, 0.5) is 0 Å². The molecular weight excluding hydrogens is 399 g/mol. The second kappa shape index (κ2) is 7.23. The fraction of sp³-hybridized carbons (Fsp3) is 0.400. The molecule has 8 heteroatoms. The van der Waals surface area contributed by atoms with E-state index in [9.17, 15) is 4.79 Å². The first kappa shape index (κ1) is 20.4. The van der Waals surface area contributed by atoms with Crippen molar-refractivity contribution < 1.29 is 9.53 Å². The number of ether oxygens (including phenoxy) is 1. The lowest BCUT2D eigenvalue weighted by molar-refractivity contribution is -0.164. The second-order valence-electron chi connectivity index (χ2n) is 8.05. The van der Waals surface area contributed by atoms with Gasteiger partial charge in [0, 0.05) is 41.4 Å². The lowest BCUT2D eigenvalue weighted by atomic mass is 9.49. The summed E-state index contributed by atoms with van der Waals surface area (Å²) in [5.74, 6) is 0.260. The number of amides is 1. The van der Waals surface area contributed by atoms with Crippen molar-refractivity contribution in [1.29, 1.82) is 5.26 Å². The molecule has 0 unspecified atom stereocenters. The Morgan fingerprint density at radius 2 is 1.68 bits per heavy atom. The van der Waals surface area contributed by atoms with Crippen molar-refractivity contribution in [2.24, 2.45) is 10.8 Å². The average Bonchev–Trinajstić information content (AvgIpc) is 2.64. The Morgan fingerprint density at radius 3 is 2.18 bits per heavy atom. The van der Waals surface area contributed by atoms with Gasteiger partial charge in [0.25, 0.3) is 5.91 Å². The van der Waals surface area contributed by atoms with Crippen molar-refractivity contribution in [2.75, 3.05) is 0 Å². The maximum Gasteiger partial charge on any atom is 0.254 e. The van der Waals surface area contributed by atoms with Gasteiger partial charge < -0.3 is 10.1 Å². The first-order valence-electron chi connectivity index (χ1n) is 8.70. The maximum absolute atomic E-state index is 12.6. The van der Waals surface area contributed by atoms with Crippen LogP contribution < -0.4 is 10.1 Å². The Labute approximate surface area is 173 Å². The van der Waals surface area contributed by atoms with E-state index in [1.165, 1.54) is 18.7 Å². The van der Waals surface area contributed by atoms with Crippen LogP contribution in [0.1, 0.15) is 43.6 Å². The highest BCUT2D eigenvalue weighted by Crippen LogP contribution is 2.55. The van der Waals surface area contributed by atoms with Crippen LogP contribution >= 0.6 is 23.2 Å². The van der Waals surface area contributed by atoms with Crippen LogP contribution in [0.15, 0.2) is 30.9 Å². The van der Waals surface area contributed by atoms with Gasteiger partial charge in [-0.1, -0.05) is 50.9 Å². The molecule has 0 saturated heterocycles. The highest BCUT2D eigenvalue weighted by molar-refractivity contribution is 6.36. The van der Waals surface area contributed by atoms with Crippen LogP contribution in [0.2, 0.25) is 10.0 Å². The summed E-state index contributed by atoms with van der Waals surface area (Å²) in [5, 5.41) is 12.7. The molecule has 1 saturated carbocycles. The molecule has 1 fully saturated rings. The van der Waals surface area contributed by atoms with Gasteiger partial charge in [-0.2, -0.15) is 5.26 Å². The zero-order valence-electron chi connectivity index (χ0n) is 16.0. The van der Waals surface area contributed by atoms with E-state index in [1.807, 2.05) is 33.8 Å². The van der Waals surface area contributed by atoms with Crippen LogP contribution in [0.25, 0.3) is 0 Å². The zero-order valence-corrected chi connectivity index (χ0v) is 17.5. The van der Waals surface area contributed by atoms with E-state index >= 15 is 0 Å². The van der Waals surface area contributed by atoms with E-state index in [1.54, 1.807) is 12.1 Å². The second-order valence-corrected chi connectivity index (χ2v) is 8.86. The van der Waals surface area contributed by atoms with Crippen molar-refractivity contribution in [3.05, 3.63) is 52.0 Å². The third-order valence-corrected chi connectivity index (χ3v) is 5.92. The lowest BCUT2D eigenvalue weighted by Crippen LogP contribution is -2.74. The number of carbonyl (C=O) groups is 1. The van der Waals surface area contributed by atoms with Gasteiger partial charge in [0.05, 0.1) is 21.2 Å². The predicted octanol–water partition coefficient (Wildman–Crippen LogP) is 4.27. The summed E-state index contributed by atoms with van der Waals surface area (Å²) < 4.78 is 6.21. The van der Waals surface area contributed by atoms with E-state index in [4.69, 9.17) is 33.2 Å². The molecule has 1 aliphatic carbocycles. The zero-order chi connectivity index (χ0) is 20.7. The van der Waals surface area contributed by atoms with Crippen LogP contribution in [0.3, 0.4) is 0 Å². The number of aromatic nitrogens is 2. The lowest BCUT2D eigenvalue weighted by Gasteiger charge is -2.63. The Balaban J connectivity index is 1.80.